The highest BCUT2D eigenvalue weighted by molar-refractivity contribution is 6.98. The zero-order valence-corrected chi connectivity index (χ0v) is 22.7. The molecule has 196 valence electrons. The molecule has 0 bridgehead atoms. The van der Waals surface area contributed by atoms with E-state index >= 15 is 0 Å². The fourth-order valence-corrected chi connectivity index (χ4v) is 6.73. The molecule has 1 aliphatic rings. The van der Waals surface area contributed by atoms with Crippen molar-refractivity contribution in [3.05, 3.63) is 146 Å². The molecule has 0 aliphatic carbocycles. The third-order valence-electron chi connectivity index (χ3n) is 8.48. The Morgan fingerprint density at radius 1 is 0.524 bits per heavy atom. The van der Waals surface area contributed by atoms with Gasteiger partial charge < -0.3 is 4.74 Å². The molecule has 0 amide bonds. The zero-order chi connectivity index (χ0) is 27.6. The summed E-state index contributed by atoms with van der Waals surface area (Å²) in [6.07, 6.45) is 0. The van der Waals surface area contributed by atoms with Crippen molar-refractivity contribution < 1.29 is 4.74 Å². The van der Waals surface area contributed by atoms with Crippen molar-refractivity contribution in [3.63, 3.8) is 0 Å². The molecule has 8 aromatic rings. The molecule has 3 heterocycles. The van der Waals surface area contributed by atoms with Crippen LogP contribution in [-0.4, -0.2) is 20.7 Å². The van der Waals surface area contributed by atoms with Crippen LogP contribution in [0.25, 0.3) is 44.7 Å². The maximum absolute atomic E-state index is 6.46. The Kier molecular flexibility index (Phi) is 4.96. The van der Waals surface area contributed by atoms with Crippen molar-refractivity contribution in [2.24, 2.45) is 0 Å². The van der Waals surface area contributed by atoms with E-state index in [-0.39, 0.29) is 6.71 Å². The Labute approximate surface area is 243 Å². The van der Waals surface area contributed by atoms with Crippen LogP contribution in [0.3, 0.4) is 0 Å². The Bertz CT molecular complexity index is 2250. The SMILES string of the molecule is c1ccc(-c2cccc(-n3c4ccccc4n4c5ccccc5nc34)c2B2c3ccccc3Oc3ccccc32)cc1. The second-order valence-electron chi connectivity index (χ2n) is 10.8. The number of para-hydroxylation sites is 6. The highest BCUT2D eigenvalue weighted by atomic mass is 16.5. The molecule has 0 atom stereocenters. The van der Waals surface area contributed by atoms with Crippen LogP contribution in [0.15, 0.2) is 146 Å². The van der Waals surface area contributed by atoms with Crippen LogP contribution in [0.5, 0.6) is 11.5 Å². The lowest BCUT2D eigenvalue weighted by Crippen LogP contribution is -2.56. The first kappa shape index (κ1) is 23.2. The van der Waals surface area contributed by atoms with Gasteiger partial charge in [-0.2, -0.15) is 0 Å². The van der Waals surface area contributed by atoms with E-state index in [0.717, 1.165) is 56.0 Å². The Morgan fingerprint density at radius 2 is 1.14 bits per heavy atom. The van der Waals surface area contributed by atoms with Crippen LogP contribution in [0.1, 0.15) is 0 Å². The molecule has 42 heavy (non-hydrogen) atoms. The molecule has 0 spiro atoms. The molecule has 0 saturated carbocycles. The monoisotopic (exact) mass is 537 g/mol. The lowest BCUT2D eigenvalue weighted by atomic mass is 9.34. The first-order valence-corrected chi connectivity index (χ1v) is 14.3. The second kappa shape index (κ2) is 8.98. The average Bonchev–Trinajstić information content (AvgIpc) is 3.58. The van der Waals surface area contributed by atoms with Crippen molar-refractivity contribution in [3.8, 4) is 28.3 Å². The van der Waals surface area contributed by atoms with Gasteiger partial charge in [0.05, 0.1) is 22.1 Å². The largest absolute Gasteiger partial charge is 0.458 e. The first-order chi connectivity index (χ1) is 20.9. The predicted octanol–water partition coefficient (Wildman–Crippen LogP) is 6.72. The van der Waals surface area contributed by atoms with Gasteiger partial charge in [0.1, 0.15) is 11.5 Å². The van der Waals surface area contributed by atoms with Gasteiger partial charge in [0.25, 0.3) is 6.71 Å². The number of hydrogen-bond acceptors (Lipinski definition) is 2. The molecule has 4 nitrogen and oxygen atoms in total. The molecule has 0 fully saturated rings. The highest BCUT2D eigenvalue weighted by Crippen LogP contribution is 2.32. The minimum Gasteiger partial charge on any atom is -0.458 e. The maximum atomic E-state index is 6.46. The van der Waals surface area contributed by atoms with Gasteiger partial charge in [-0.3, -0.25) is 8.97 Å². The number of rotatable bonds is 3. The summed E-state index contributed by atoms with van der Waals surface area (Å²) >= 11 is 0. The number of imidazole rings is 2. The van der Waals surface area contributed by atoms with Crippen LogP contribution in [0.2, 0.25) is 0 Å². The summed E-state index contributed by atoms with van der Waals surface area (Å²) in [6, 6.07) is 51.2. The van der Waals surface area contributed by atoms with Gasteiger partial charge in [-0.1, -0.05) is 103 Å². The van der Waals surface area contributed by atoms with Crippen LogP contribution in [0.4, 0.5) is 0 Å². The van der Waals surface area contributed by atoms with E-state index in [0.29, 0.717) is 0 Å². The van der Waals surface area contributed by atoms with E-state index < -0.39 is 0 Å². The predicted molar refractivity (Wildman–Crippen MR) is 173 cm³/mol. The number of ether oxygens (including phenoxy) is 1. The summed E-state index contributed by atoms with van der Waals surface area (Å²) in [5.74, 6) is 2.69. The smallest absolute Gasteiger partial charge is 0.254 e. The molecule has 6 aromatic carbocycles. The van der Waals surface area contributed by atoms with Gasteiger partial charge >= 0.3 is 0 Å². The molecular formula is C37H24BN3O. The van der Waals surface area contributed by atoms with Crippen molar-refractivity contribution in [2.45, 2.75) is 0 Å². The second-order valence-corrected chi connectivity index (χ2v) is 10.8. The summed E-state index contributed by atoms with van der Waals surface area (Å²) in [5, 5.41) is 0. The van der Waals surface area contributed by atoms with E-state index in [2.05, 4.69) is 142 Å². The van der Waals surface area contributed by atoms with Crippen LogP contribution >= 0.6 is 0 Å². The summed E-state index contributed by atoms with van der Waals surface area (Å²) in [7, 11) is 0. The van der Waals surface area contributed by atoms with Crippen molar-refractivity contribution >= 4 is 50.9 Å². The summed E-state index contributed by atoms with van der Waals surface area (Å²) < 4.78 is 11.1. The number of aromatic nitrogens is 3. The van der Waals surface area contributed by atoms with E-state index in [1.807, 2.05) is 12.1 Å². The number of hydrogen-bond donors (Lipinski definition) is 0. The molecule has 0 saturated heterocycles. The van der Waals surface area contributed by atoms with E-state index in [1.165, 1.54) is 16.6 Å². The van der Waals surface area contributed by atoms with E-state index in [1.54, 1.807) is 0 Å². The highest BCUT2D eigenvalue weighted by Gasteiger charge is 2.36. The molecule has 9 rings (SSSR count). The molecule has 0 radical (unpaired) electrons. The average molecular weight is 537 g/mol. The quantitative estimate of drug-likeness (QED) is 0.235. The normalized spacial score (nSPS) is 12.4. The summed E-state index contributed by atoms with van der Waals surface area (Å²) in [6.45, 7) is -0.0526. The Hall–Kier alpha value is -5.55. The summed E-state index contributed by atoms with van der Waals surface area (Å²) in [4.78, 5) is 5.21. The first-order valence-electron chi connectivity index (χ1n) is 14.3. The lowest BCUT2D eigenvalue weighted by molar-refractivity contribution is 0.487. The topological polar surface area (TPSA) is 31.5 Å². The van der Waals surface area contributed by atoms with Crippen LogP contribution in [0, 0.1) is 0 Å². The molecule has 2 aromatic heterocycles. The molecule has 1 aliphatic heterocycles. The molecule has 0 N–H and O–H groups in total. The fourth-order valence-electron chi connectivity index (χ4n) is 6.73. The minimum absolute atomic E-state index is 0.0526. The number of fused-ring (bicyclic) bond motifs is 7. The number of nitrogens with zero attached hydrogens (tertiary/aromatic N) is 3. The molecule has 5 heteroatoms. The van der Waals surface area contributed by atoms with Crippen LogP contribution in [-0.2, 0) is 0 Å². The molecule has 0 unspecified atom stereocenters. The van der Waals surface area contributed by atoms with Gasteiger partial charge in [0.15, 0.2) is 0 Å². The fraction of sp³-hybridized carbons (Fsp3) is 0. The van der Waals surface area contributed by atoms with Gasteiger partial charge in [-0.25, -0.2) is 4.98 Å². The maximum Gasteiger partial charge on any atom is 0.254 e. The third-order valence-corrected chi connectivity index (χ3v) is 8.48. The molecular weight excluding hydrogens is 513 g/mol. The van der Waals surface area contributed by atoms with Crippen molar-refractivity contribution in [1.82, 2.24) is 14.0 Å². The lowest BCUT2D eigenvalue weighted by Gasteiger charge is -2.29. The third kappa shape index (κ3) is 3.28. The zero-order valence-electron chi connectivity index (χ0n) is 22.7. The van der Waals surface area contributed by atoms with Gasteiger partial charge in [0, 0.05) is 5.69 Å². The summed E-state index contributed by atoms with van der Waals surface area (Å²) in [5.41, 5.74) is 11.3. The Balaban J connectivity index is 1.46. The van der Waals surface area contributed by atoms with Gasteiger partial charge in [-0.05, 0) is 70.0 Å². The Morgan fingerprint density at radius 3 is 1.90 bits per heavy atom. The number of benzene rings is 6. The van der Waals surface area contributed by atoms with E-state index in [4.69, 9.17) is 9.72 Å². The standard InChI is InChI=1S/C37H24BN3O/c1-2-13-25(14-3-1)26-15-12-22-33(36(26)38-27-16-4-10-23-34(27)42-35-24-11-5-17-28(35)38)41-32-21-9-8-20-31(32)40-30-19-7-6-18-29(30)39-37(40)41/h1-24H. The van der Waals surface area contributed by atoms with Gasteiger partial charge in [0.2, 0.25) is 5.78 Å². The van der Waals surface area contributed by atoms with Crippen molar-refractivity contribution in [1.29, 1.82) is 0 Å². The van der Waals surface area contributed by atoms with Crippen LogP contribution < -0.4 is 21.1 Å². The minimum atomic E-state index is -0.0526. The van der Waals surface area contributed by atoms with E-state index in [9.17, 15) is 0 Å². The van der Waals surface area contributed by atoms with Gasteiger partial charge in [-0.15, -0.1) is 0 Å². The van der Waals surface area contributed by atoms with Crippen molar-refractivity contribution in [2.75, 3.05) is 0 Å².